The summed E-state index contributed by atoms with van der Waals surface area (Å²) in [6.45, 7) is 0.450. The fourth-order valence-corrected chi connectivity index (χ4v) is 6.38. The van der Waals surface area contributed by atoms with E-state index >= 15 is 0 Å². The zero-order valence-corrected chi connectivity index (χ0v) is 17.9. The van der Waals surface area contributed by atoms with E-state index in [-0.39, 0.29) is 22.7 Å². The third kappa shape index (κ3) is 3.30. The second-order valence-electron chi connectivity index (χ2n) is 7.13. The molecule has 3 aromatic rings. The molecule has 2 amide bonds. The van der Waals surface area contributed by atoms with Crippen LogP contribution in [0.2, 0.25) is 0 Å². The molecule has 0 radical (unpaired) electrons. The van der Waals surface area contributed by atoms with Gasteiger partial charge in [-0.1, -0.05) is 24.3 Å². The molecule has 0 spiro atoms. The third-order valence-corrected chi connectivity index (χ3v) is 8.14. The second-order valence-corrected chi connectivity index (χ2v) is 10.1. The smallest absolute Gasteiger partial charge is 0.268 e. The van der Waals surface area contributed by atoms with Crippen molar-refractivity contribution in [3.8, 4) is 0 Å². The van der Waals surface area contributed by atoms with Gasteiger partial charge in [0.15, 0.2) is 0 Å². The Labute approximate surface area is 183 Å². The SMILES string of the molecule is O=C1c2cccnc2C(=O)N1Cc1ccc(S(=O)(=O)N2CCSc3ccccc32)cc1. The minimum absolute atomic E-state index is 0.0531. The number of imide groups is 1. The number of nitrogens with zero attached hydrogens (tertiary/aromatic N) is 3. The number of para-hydroxylation sites is 1. The van der Waals surface area contributed by atoms with Crippen LogP contribution in [0.3, 0.4) is 0 Å². The maximum atomic E-state index is 13.2. The Balaban J connectivity index is 1.39. The van der Waals surface area contributed by atoms with E-state index in [9.17, 15) is 18.0 Å². The Hall–Kier alpha value is -3.17. The van der Waals surface area contributed by atoms with E-state index in [1.54, 1.807) is 36.0 Å². The van der Waals surface area contributed by atoms with Crippen LogP contribution < -0.4 is 4.31 Å². The monoisotopic (exact) mass is 451 g/mol. The molecule has 2 aliphatic heterocycles. The Morgan fingerprint density at radius 2 is 1.71 bits per heavy atom. The Kier molecular flexibility index (Phi) is 4.79. The maximum Gasteiger partial charge on any atom is 0.280 e. The number of pyridine rings is 1. The minimum atomic E-state index is -3.72. The van der Waals surface area contributed by atoms with Gasteiger partial charge in [-0.15, -0.1) is 11.8 Å². The van der Waals surface area contributed by atoms with Crippen molar-refractivity contribution in [3.63, 3.8) is 0 Å². The normalized spacial score (nSPS) is 15.7. The second kappa shape index (κ2) is 7.51. The summed E-state index contributed by atoms with van der Waals surface area (Å²) >= 11 is 1.64. The van der Waals surface area contributed by atoms with Crippen molar-refractivity contribution in [2.24, 2.45) is 0 Å². The maximum absolute atomic E-state index is 13.2. The van der Waals surface area contributed by atoms with E-state index < -0.39 is 21.8 Å². The van der Waals surface area contributed by atoms with Gasteiger partial charge < -0.3 is 0 Å². The summed E-state index contributed by atoms with van der Waals surface area (Å²) < 4.78 is 27.9. The van der Waals surface area contributed by atoms with Crippen LogP contribution in [-0.4, -0.2) is 42.4 Å². The van der Waals surface area contributed by atoms with Gasteiger partial charge in [0.05, 0.1) is 22.7 Å². The Morgan fingerprint density at radius 1 is 0.935 bits per heavy atom. The molecule has 2 aromatic carbocycles. The number of carbonyl (C=O) groups is 2. The lowest BCUT2D eigenvalue weighted by atomic mass is 10.2. The predicted molar refractivity (Wildman–Crippen MR) is 117 cm³/mol. The van der Waals surface area contributed by atoms with E-state index in [4.69, 9.17) is 0 Å². The number of thioether (sulfide) groups is 1. The highest BCUT2D eigenvalue weighted by atomic mass is 32.2. The number of fused-ring (bicyclic) bond motifs is 2. The number of rotatable bonds is 4. The van der Waals surface area contributed by atoms with Crippen molar-refractivity contribution in [1.82, 2.24) is 9.88 Å². The molecule has 156 valence electrons. The zero-order valence-electron chi connectivity index (χ0n) is 16.3. The summed E-state index contributed by atoms with van der Waals surface area (Å²) in [7, 11) is -3.72. The molecule has 5 rings (SSSR count). The highest BCUT2D eigenvalue weighted by Crippen LogP contribution is 2.37. The lowest BCUT2D eigenvalue weighted by Gasteiger charge is -2.30. The van der Waals surface area contributed by atoms with Crippen LogP contribution in [0.5, 0.6) is 0 Å². The van der Waals surface area contributed by atoms with E-state index in [1.807, 2.05) is 24.3 Å². The number of sulfonamides is 1. The molecule has 0 bridgehead atoms. The van der Waals surface area contributed by atoms with E-state index in [0.717, 1.165) is 9.80 Å². The number of anilines is 1. The number of aromatic nitrogens is 1. The van der Waals surface area contributed by atoms with Crippen LogP contribution in [0.25, 0.3) is 0 Å². The van der Waals surface area contributed by atoms with Gasteiger partial charge in [0.25, 0.3) is 21.8 Å². The molecule has 0 saturated carbocycles. The van der Waals surface area contributed by atoms with Gasteiger partial charge in [-0.2, -0.15) is 0 Å². The van der Waals surface area contributed by atoms with Crippen LogP contribution in [-0.2, 0) is 16.6 Å². The first-order valence-electron chi connectivity index (χ1n) is 9.61. The van der Waals surface area contributed by atoms with Gasteiger partial charge >= 0.3 is 0 Å². The van der Waals surface area contributed by atoms with E-state index in [2.05, 4.69) is 4.98 Å². The van der Waals surface area contributed by atoms with Crippen LogP contribution >= 0.6 is 11.8 Å². The molecule has 1 aromatic heterocycles. The number of hydrogen-bond donors (Lipinski definition) is 0. The van der Waals surface area contributed by atoms with Crippen LogP contribution in [0.15, 0.2) is 76.7 Å². The van der Waals surface area contributed by atoms with E-state index in [0.29, 0.717) is 23.5 Å². The summed E-state index contributed by atoms with van der Waals surface area (Å²) in [5, 5.41) is 0. The Bertz CT molecular complexity index is 1270. The van der Waals surface area contributed by atoms with Crippen molar-refractivity contribution in [1.29, 1.82) is 0 Å². The molecule has 0 aliphatic carbocycles. The molecule has 2 aliphatic rings. The largest absolute Gasteiger partial charge is 0.280 e. The molecule has 7 nitrogen and oxygen atoms in total. The molecular formula is C22H17N3O4S2. The number of hydrogen-bond acceptors (Lipinski definition) is 6. The first kappa shape index (κ1) is 19.8. The van der Waals surface area contributed by atoms with Gasteiger partial charge in [-0.05, 0) is 42.0 Å². The average Bonchev–Trinajstić information content (AvgIpc) is 3.04. The van der Waals surface area contributed by atoms with Crippen LogP contribution in [0.4, 0.5) is 5.69 Å². The van der Waals surface area contributed by atoms with Crippen molar-refractivity contribution in [2.75, 3.05) is 16.6 Å². The van der Waals surface area contributed by atoms with Gasteiger partial charge in [-0.3, -0.25) is 23.8 Å². The topological polar surface area (TPSA) is 87.6 Å². The summed E-state index contributed by atoms with van der Waals surface area (Å²) in [5.74, 6) is -0.158. The molecule has 0 unspecified atom stereocenters. The molecule has 3 heterocycles. The highest BCUT2D eigenvalue weighted by molar-refractivity contribution is 8.00. The van der Waals surface area contributed by atoms with Gasteiger partial charge in [-0.25, -0.2) is 8.42 Å². The van der Waals surface area contributed by atoms with Crippen LogP contribution in [0, 0.1) is 0 Å². The standard InChI is InChI=1S/C22H17N3O4S2/c26-21-17-4-3-11-23-20(17)22(27)24(21)14-15-7-9-16(10-8-15)31(28,29)25-12-13-30-19-6-2-1-5-18(19)25/h1-11H,12-14H2. The van der Waals surface area contributed by atoms with Crippen molar-refractivity contribution >= 4 is 39.3 Å². The lowest BCUT2D eigenvalue weighted by molar-refractivity contribution is 0.0640. The predicted octanol–water partition coefficient (Wildman–Crippen LogP) is 3.18. The molecule has 31 heavy (non-hydrogen) atoms. The zero-order chi connectivity index (χ0) is 21.6. The fourth-order valence-electron chi connectivity index (χ4n) is 3.73. The number of amides is 2. The highest BCUT2D eigenvalue weighted by Gasteiger charge is 2.36. The molecule has 0 N–H and O–H groups in total. The molecule has 0 atom stereocenters. The first-order valence-corrected chi connectivity index (χ1v) is 12.0. The minimum Gasteiger partial charge on any atom is -0.268 e. The average molecular weight is 452 g/mol. The molecule has 0 saturated heterocycles. The van der Waals surface area contributed by atoms with Crippen molar-refractivity contribution in [2.45, 2.75) is 16.3 Å². The summed E-state index contributed by atoms with van der Waals surface area (Å²) in [6, 6.07) is 16.9. The fraction of sp³-hybridized carbons (Fsp3) is 0.136. The summed E-state index contributed by atoms with van der Waals surface area (Å²) in [6.07, 6.45) is 1.48. The first-order chi connectivity index (χ1) is 15.0. The number of benzene rings is 2. The lowest BCUT2D eigenvalue weighted by Crippen LogP contribution is -2.35. The van der Waals surface area contributed by atoms with Crippen molar-refractivity contribution in [3.05, 3.63) is 83.7 Å². The molecule has 0 fully saturated rings. The van der Waals surface area contributed by atoms with E-state index in [1.165, 1.54) is 22.6 Å². The van der Waals surface area contributed by atoms with Gasteiger partial charge in [0, 0.05) is 23.4 Å². The number of carbonyl (C=O) groups excluding carboxylic acids is 2. The molecule has 9 heteroatoms. The van der Waals surface area contributed by atoms with Gasteiger partial charge in [0.2, 0.25) is 0 Å². The van der Waals surface area contributed by atoms with Crippen molar-refractivity contribution < 1.29 is 18.0 Å². The third-order valence-electron chi connectivity index (χ3n) is 5.27. The summed E-state index contributed by atoms with van der Waals surface area (Å²) in [5.41, 5.74) is 1.77. The van der Waals surface area contributed by atoms with Crippen LogP contribution in [0.1, 0.15) is 26.4 Å². The Morgan fingerprint density at radius 3 is 2.48 bits per heavy atom. The van der Waals surface area contributed by atoms with Gasteiger partial charge in [0.1, 0.15) is 5.69 Å². The molecular weight excluding hydrogens is 434 g/mol. The summed E-state index contributed by atoms with van der Waals surface area (Å²) in [4.78, 5) is 31.3. The quantitative estimate of drug-likeness (QED) is 0.566.